The van der Waals surface area contributed by atoms with Crippen LogP contribution in [0.25, 0.3) is 0 Å². The number of unbranched alkanes of at least 4 members (excludes halogenated alkanes) is 4. The Bertz CT molecular complexity index is 233. The van der Waals surface area contributed by atoms with Crippen molar-refractivity contribution in [1.29, 1.82) is 0 Å². The van der Waals surface area contributed by atoms with Crippen LogP contribution < -0.4 is 0 Å². The molecule has 0 amide bonds. The molecule has 15 heavy (non-hydrogen) atoms. The van der Waals surface area contributed by atoms with Crippen LogP contribution in [0.4, 0.5) is 0 Å². The van der Waals surface area contributed by atoms with Gasteiger partial charge in [-0.3, -0.25) is 4.79 Å². The van der Waals surface area contributed by atoms with Crippen LogP contribution in [0.2, 0.25) is 0 Å². The van der Waals surface area contributed by atoms with Gasteiger partial charge in [-0.2, -0.15) is 0 Å². The molecule has 1 rings (SSSR count). The second-order valence-electron chi connectivity index (χ2n) is 4.68. The summed E-state index contributed by atoms with van der Waals surface area (Å²) in [6.45, 7) is 4.25. The molecule has 0 aromatic rings. The molecule has 1 unspecified atom stereocenters. The van der Waals surface area contributed by atoms with Crippen molar-refractivity contribution in [2.24, 2.45) is 0 Å². The maximum absolute atomic E-state index is 11.2. The molecule has 2 heteroatoms. The molecule has 0 saturated heterocycles. The van der Waals surface area contributed by atoms with Gasteiger partial charge >= 0.3 is 0 Å². The highest BCUT2D eigenvalue weighted by molar-refractivity contribution is 5.90. The van der Waals surface area contributed by atoms with Crippen LogP contribution in [0.15, 0.2) is 12.3 Å². The average Bonchev–Trinajstić information content (AvgIpc) is 2.17. The monoisotopic (exact) mass is 210 g/mol. The maximum Gasteiger partial charge on any atom is 0.162 e. The number of ketones is 1. The molecule has 86 valence electrons. The Balaban J connectivity index is 2.19. The summed E-state index contributed by atoms with van der Waals surface area (Å²) in [6, 6.07) is 0. The summed E-state index contributed by atoms with van der Waals surface area (Å²) in [6.07, 6.45) is 10.9. The Morgan fingerprint density at radius 3 is 2.73 bits per heavy atom. The van der Waals surface area contributed by atoms with E-state index >= 15 is 0 Å². The van der Waals surface area contributed by atoms with Crippen molar-refractivity contribution in [3.63, 3.8) is 0 Å². The molecular formula is C13H22O2. The fourth-order valence-electron chi connectivity index (χ4n) is 1.99. The molecule has 0 aliphatic carbocycles. The normalized spacial score (nSPS) is 25.3. The molecule has 0 saturated carbocycles. The third-order valence-electron chi connectivity index (χ3n) is 2.96. The summed E-state index contributed by atoms with van der Waals surface area (Å²) in [7, 11) is 0. The van der Waals surface area contributed by atoms with Gasteiger partial charge in [0, 0.05) is 12.5 Å². The zero-order chi connectivity index (χ0) is 11.1. The van der Waals surface area contributed by atoms with E-state index in [2.05, 4.69) is 6.92 Å². The minimum atomic E-state index is -0.238. The first-order chi connectivity index (χ1) is 7.16. The van der Waals surface area contributed by atoms with Gasteiger partial charge in [0.15, 0.2) is 5.78 Å². The molecule has 0 radical (unpaired) electrons. The highest BCUT2D eigenvalue weighted by Gasteiger charge is 2.29. The van der Waals surface area contributed by atoms with Gasteiger partial charge in [0.25, 0.3) is 0 Å². The molecule has 0 spiro atoms. The van der Waals surface area contributed by atoms with Crippen LogP contribution in [0.1, 0.15) is 58.8 Å². The summed E-state index contributed by atoms with van der Waals surface area (Å²) >= 11 is 0. The minimum absolute atomic E-state index is 0.192. The van der Waals surface area contributed by atoms with E-state index in [1.807, 2.05) is 6.92 Å². The smallest absolute Gasteiger partial charge is 0.162 e. The zero-order valence-electron chi connectivity index (χ0n) is 9.92. The largest absolute Gasteiger partial charge is 0.495 e. The standard InChI is InChI=1S/C13H22O2/c1-3-4-5-6-7-9-13(2)11-12(14)8-10-15-13/h8,10H,3-7,9,11H2,1-2H3. The highest BCUT2D eigenvalue weighted by Crippen LogP contribution is 2.27. The van der Waals surface area contributed by atoms with E-state index in [0.717, 1.165) is 12.8 Å². The van der Waals surface area contributed by atoms with Crippen molar-refractivity contribution in [2.75, 3.05) is 0 Å². The molecule has 0 aromatic heterocycles. The fraction of sp³-hybridized carbons (Fsp3) is 0.769. The summed E-state index contributed by atoms with van der Waals surface area (Å²) < 4.78 is 5.54. The number of hydrogen-bond acceptors (Lipinski definition) is 2. The Labute approximate surface area is 92.7 Å². The van der Waals surface area contributed by atoms with Crippen molar-refractivity contribution in [2.45, 2.75) is 64.4 Å². The lowest BCUT2D eigenvalue weighted by Gasteiger charge is -2.30. The van der Waals surface area contributed by atoms with Crippen LogP contribution >= 0.6 is 0 Å². The van der Waals surface area contributed by atoms with Gasteiger partial charge in [-0.1, -0.05) is 32.6 Å². The Hall–Kier alpha value is -0.790. The molecule has 0 aromatic carbocycles. The third-order valence-corrected chi connectivity index (χ3v) is 2.96. The molecule has 1 aliphatic heterocycles. The van der Waals surface area contributed by atoms with Gasteiger partial charge in [0.1, 0.15) is 5.60 Å². The van der Waals surface area contributed by atoms with Crippen molar-refractivity contribution in [1.82, 2.24) is 0 Å². The van der Waals surface area contributed by atoms with Gasteiger partial charge in [0.2, 0.25) is 0 Å². The quantitative estimate of drug-likeness (QED) is 0.626. The number of rotatable bonds is 6. The van der Waals surface area contributed by atoms with E-state index in [9.17, 15) is 4.79 Å². The summed E-state index contributed by atoms with van der Waals surface area (Å²) in [5, 5.41) is 0. The first kappa shape index (κ1) is 12.3. The first-order valence-electron chi connectivity index (χ1n) is 6.03. The number of carbonyl (C=O) groups excluding carboxylic acids is 1. The second kappa shape index (κ2) is 5.94. The van der Waals surface area contributed by atoms with Gasteiger partial charge in [-0.25, -0.2) is 0 Å². The molecule has 1 heterocycles. The van der Waals surface area contributed by atoms with E-state index in [-0.39, 0.29) is 11.4 Å². The summed E-state index contributed by atoms with van der Waals surface area (Å²) in [4.78, 5) is 11.2. The van der Waals surface area contributed by atoms with Crippen LogP contribution in [0.5, 0.6) is 0 Å². The van der Waals surface area contributed by atoms with Gasteiger partial charge in [0.05, 0.1) is 6.26 Å². The number of carbonyl (C=O) groups is 1. The molecular weight excluding hydrogens is 188 g/mol. The van der Waals surface area contributed by atoms with Crippen molar-refractivity contribution in [3.8, 4) is 0 Å². The van der Waals surface area contributed by atoms with Crippen molar-refractivity contribution in [3.05, 3.63) is 12.3 Å². The lowest BCUT2D eigenvalue weighted by molar-refractivity contribution is -0.121. The van der Waals surface area contributed by atoms with Crippen LogP contribution in [-0.4, -0.2) is 11.4 Å². The molecule has 0 fully saturated rings. The van der Waals surface area contributed by atoms with E-state index in [0.29, 0.717) is 6.42 Å². The Morgan fingerprint density at radius 1 is 1.33 bits per heavy atom. The lowest BCUT2D eigenvalue weighted by Crippen LogP contribution is -2.32. The lowest BCUT2D eigenvalue weighted by atomic mass is 9.91. The molecule has 1 atom stereocenters. The molecule has 0 bridgehead atoms. The summed E-state index contributed by atoms with van der Waals surface area (Å²) in [5.74, 6) is 0.192. The number of allylic oxidation sites excluding steroid dienone is 1. The molecule has 0 N–H and O–H groups in total. The van der Waals surface area contributed by atoms with E-state index in [4.69, 9.17) is 4.74 Å². The van der Waals surface area contributed by atoms with Gasteiger partial charge < -0.3 is 4.74 Å². The SMILES string of the molecule is CCCCCCCC1(C)CC(=O)C=CO1. The van der Waals surface area contributed by atoms with Crippen molar-refractivity contribution >= 4 is 5.78 Å². The van der Waals surface area contributed by atoms with E-state index < -0.39 is 0 Å². The Morgan fingerprint density at radius 2 is 2.07 bits per heavy atom. The van der Waals surface area contributed by atoms with Crippen molar-refractivity contribution < 1.29 is 9.53 Å². The first-order valence-corrected chi connectivity index (χ1v) is 6.03. The van der Waals surface area contributed by atoms with Gasteiger partial charge in [-0.05, 0) is 19.8 Å². The molecule has 2 nitrogen and oxygen atoms in total. The fourth-order valence-corrected chi connectivity index (χ4v) is 1.99. The third kappa shape index (κ3) is 4.50. The predicted molar refractivity (Wildman–Crippen MR) is 61.6 cm³/mol. The number of ether oxygens (including phenoxy) is 1. The van der Waals surface area contributed by atoms with Gasteiger partial charge in [-0.15, -0.1) is 0 Å². The van der Waals surface area contributed by atoms with E-state index in [1.54, 1.807) is 6.26 Å². The summed E-state index contributed by atoms with van der Waals surface area (Å²) in [5.41, 5.74) is -0.238. The highest BCUT2D eigenvalue weighted by atomic mass is 16.5. The van der Waals surface area contributed by atoms with Crippen LogP contribution in [-0.2, 0) is 9.53 Å². The maximum atomic E-state index is 11.2. The van der Waals surface area contributed by atoms with Crippen LogP contribution in [0.3, 0.4) is 0 Å². The number of hydrogen-bond donors (Lipinski definition) is 0. The Kier molecular flexibility index (Phi) is 4.86. The average molecular weight is 210 g/mol. The second-order valence-corrected chi connectivity index (χ2v) is 4.68. The predicted octanol–water partition coefficient (Wildman–Crippen LogP) is 3.61. The topological polar surface area (TPSA) is 26.3 Å². The minimum Gasteiger partial charge on any atom is -0.495 e. The zero-order valence-corrected chi connectivity index (χ0v) is 9.92. The van der Waals surface area contributed by atoms with E-state index in [1.165, 1.54) is 31.8 Å². The van der Waals surface area contributed by atoms with Crippen LogP contribution in [0, 0.1) is 0 Å². The molecule has 1 aliphatic rings.